The molecule has 0 aromatic rings. The van der Waals surface area contributed by atoms with Crippen molar-refractivity contribution in [1.82, 2.24) is 13.5 Å². The zero-order valence-electron chi connectivity index (χ0n) is 11.4. The van der Waals surface area contributed by atoms with Crippen LogP contribution in [0.2, 0.25) is 0 Å². The van der Waals surface area contributed by atoms with E-state index in [1.807, 2.05) is 0 Å². The predicted octanol–water partition coefficient (Wildman–Crippen LogP) is -0.308. The SMILES string of the molecule is CN(CCCN)S(=O)(=O)N1CCN(CC(F)(F)F)CC1. The van der Waals surface area contributed by atoms with E-state index in [0.717, 1.165) is 0 Å². The average Bonchev–Trinajstić information content (AvgIpc) is 2.34. The lowest BCUT2D eigenvalue weighted by Crippen LogP contribution is -2.53. The third-order valence-electron chi connectivity index (χ3n) is 3.13. The number of alkyl halides is 3. The summed E-state index contributed by atoms with van der Waals surface area (Å²) in [5.41, 5.74) is 5.33. The first kappa shape index (κ1) is 17.6. The highest BCUT2D eigenvalue weighted by atomic mass is 32.2. The molecule has 0 aliphatic carbocycles. The average molecular weight is 318 g/mol. The zero-order chi connectivity index (χ0) is 15.4. The van der Waals surface area contributed by atoms with E-state index in [4.69, 9.17) is 5.73 Å². The summed E-state index contributed by atoms with van der Waals surface area (Å²) in [5.74, 6) is 0. The van der Waals surface area contributed by atoms with E-state index >= 15 is 0 Å². The van der Waals surface area contributed by atoms with Gasteiger partial charge in [0, 0.05) is 39.8 Å². The zero-order valence-corrected chi connectivity index (χ0v) is 12.3. The van der Waals surface area contributed by atoms with Crippen molar-refractivity contribution in [2.45, 2.75) is 12.6 Å². The van der Waals surface area contributed by atoms with E-state index in [9.17, 15) is 21.6 Å². The molecule has 0 amide bonds. The molecular formula is C10H21F3N4O2S. The van der Waals surface area contributed by atoms with E-state index in [2.05, 4.69) is 0 Å². The largest absolute Gasteiger partial charge is 0.401 e. The van der Waals surface area contributed by atoms with Crippen LogP contribution in [-0.2, 0) is 10.2 Å². The maximum atomic E-state index is 12.2. The molecule has 1 fully saturated rings. The molecule has 1 aliphatic heterocycles. The molecule has 1 aliphatic rings. The Balaban J connectivity index is 2.51. The number of rotatable bonds is 6. The number of piperazine rings is 1. The monoisotopic (exact) mass is 318 g/mol. The smallest absolute Gasteiger partial charge is 0.330 e. The molecule has 0 spiro atoms. The second-order valence-electron chi connectivity index (χ2n) is 4.76. The van der Waals surface area contributed by atoms with Gasteiger partial charge in [-0.05, 0) is 13.0 Å². The molecule has 10 heteroatoms. The Labute approximate surface area is 117 Å². The maximum Gasteiger partial charge on any atom is 0.401 e. The molecule has 0 bridgehead atoms. The number of halogens is 3. The summed E-state index contributed by atoms with van der Waals surface area (Å²) in [6, 6.07) is 0. The number of nitrogens with two attached hydrogens (primary N) is 1. The van der Waals surface area contributed by atoms with Crippen molar-refractivity contribution in [3.63, 3.8) is 0 Å². The Morgan fingerprint density at radius 3 is 2.20 bits per heavy atom. The summed E-state index contributed by atoms with van der Waals surface area (Å²) in [5, 5.41) is 0. The summed E-state index contributed by atoms with van der Waals surface area (Å²) in [7, 11) is -2.15. The summed E-state index contributed by atoms with van der Waals surface area (Å²) in [4.78, 5) is 1.21. The summed E-state index contributed by atoms with van der Waals surface area (Å²) < 4.78 is 63.5. The van der Waals surface area contributed by atoms with Crippen LogP contribution in [0.15, 0.2) is 0 Å². The summed E-state index contributed by atoms with van der Waals surface area (Å²) >= 11 is 0. The van der Waals surface area contributed by atoms with E-state index in [1.54, 1.807) is 0 Å². The van der Waals surface area contributed by atoms with E-state index in [-0.39, 0.29) is 26.2 Å². The van der Waals surface area contributed by atoms with Gasteiger partial charge in [0.05, 0.1) is 6.54 Å². The molecule has 0 aromatic heterocycles. The third-order valence-corrected chi connectivity index (χ3v) is 5.12. The van der Waals surface area contributed by atoms with Gasteiger partial charge in [-0.15, -0.1) is 0 Å². The molecule has 2 N–H and O–H groups in total. The van der Waals surface area contributed by atoms with Crippen LogP contribution < -0.4 is 5.73 Å². The molecule has 0 unspecified atom stereocenters. The number of nitrogens with zero attached hydrogens (tertiary/aromatic N) is 3. The van der Waals surface area contributed by atoms with Crippen LogP contribution in [0.5, 0.6) is 0 Å². The van der Waals surface area contributed by atoms with Crippen LogP contribution in [0.3, 0.4) is 0 Å². The van der Waals surface area contributed by atoms with Crippen molar-refractivity contribution < 1.29 is 21.6 Å². The van der Waals surface area contributed by atoms with Gasteiger partial charge in [-0.3, -0.25) is 4.90 Å². The second-order valence-corrected chi connectivity index (χ2v) is 6.80. The Morgan fingerprint density at radius 2 is 1.75 bits per heavy atom. The maximum absolute atomic E-state index is 12.2. The Morgan fingerprint density at radius 1 is 1.20 bits per heavy atom. The van der Waals surface area contributed by atoms with Gasteiger partial charge in [-0.1, -0.05) is 0 Å². The van der Waals surface area contributed by atoms with Crippen LogP contribution in [0.25, 0.3) is 0 Å². The molecule has 1 heterocycles. The van der Waals surface area contributed by atoms with Crippen molar-refractivity contribution >= 4 is 10.2 Å². The van der Waals surface area contributed by atoms with Crippen molar-refractivity contribution in [1.29, 1.82) is 0 Å². The molecule has 0 atom stereocenters. The van der Waals surface area contributed by atoms with Crippen LogP contribution in [-0.4, -0.2) is 81.0 Å². The first-order chi connectivity index (χ1) is 9.16. The fourth-order valence-electron chi connectivity index (χ4n) is 2.00. The molecule has 1 saturated heterocycles. The second kappa shape index (κ2) is 7.03. The van der Waals surface area contributed by atoms with Crippen LogP contribution in [0, 0.1) is 0 Å². The minimum Gasteiger partial charge on any atom is -0.330 e. The fourth-order valence-corrected chi connectivity index (χ4v) is 3.38. The lowest BCUT2D eigenvalue weighted by Gasteiger charge is -2.36. The van der Waals surface area contributed by atoms with Crippen LogP contribution in [0.4, 0.5) is 13.2 Å². The molecule has 120 valence electrons. The standard InChI is InChI=1S/C10H21F3N4O2S/c1-15(4-2-3-14)20(18,19)17-7-5-16(6-8-17)9-10(11,12)13/h2-9,14H2,1H3. The molecule has 20 heavy (non-hydrogen) atoms. The van der Waals surface area contributed by atoms with Crippen molar-refractivity contribution in [3.8, 4) is 0 Å². The van der Waals surface area contributed by atoms with Crippen LogP contribution >= 0.6 is 0 Å². The summed E-state index contributed by atoms with van der Waals surface area (Å²) in [6.07, 6.45) is -3.71. The van der Waals surface area contributed by atoms with E-state index in [0.29, 0.717) is 19.5 Å². The normalized spacial score (nSPS) is 19.7. The third kappa shape index (κ3) is 5.17. The topological polar surface area (TPSA) is 69.9 Å². The molecule has 0 aromatic carbocycles. The first-order valence-electron chi connectivity index (χ1n) is 6.37. The van der Waals surface area contributed by atoms with Gasteiger partial charge in [0.2, 0.25) is 0 Å². The van der Waals surface area contributed by atoms with Gasteiger partial charge < -0.3 is 5.73 Å². The van der Waals surface area contributed by atoms with Gasteiger partial charge in [-0.2, -0.15) is 30.2 Å². The van der Waals surface area contributed by atoms with Gasteiger partial charge in [-0.25, -0.2) is 0 Å². The van der Waals surface area contributed by atoms with E-state index in [1.165, 1.54) is 20.6 Å². The number of hydrogen-bond donors (Lipinski definition) is 1. The van der Waals surface area contributed by atoms with Gasteiger partial charge in [0.1, 0.15) is 0 Å². The minimum absolute atomic E-state index is 0.0748. The van der Waals surface area contributed by atoms with Crippen LogP contribution in [0.1, 0.15) is 6.42 Å². The van der Waals surface area contributed by atoms with E-state index < -0.39 is 22.9 Å². The van der Waals surface area contributed by atoms with Gasteiger partial charge in [0.25, 0.3) is 10.2 Å². The molecule has 0 radical (unpaired) electrons. The Bertz CT molecular complexity index is 394. The minimum atomic E-state index is -4.25. The summed E-state index contributed by atoms with van der Waals surface area (Å²) in [6.45, 7) is 0.0222. The Hall–Kier alpha value is -0.420. The quantitative estimate of drug-likeness (QED) is 0.729. The van der Waals surface area contributed by atoms with Crippen molar-refractivity contribution in [2.75, 3.05) is 52.9 Å². The number of hydrogen-bond acceptors (Lipinski definition) is 4. The van der Waals surface area contributed by atoms with Crippen molar-refractivity contribution in [2.24, 2.45) is 5.73 Å². The molecule has 0 saturated carbocycles. The highest BCUT2D eigenvalue weighted by Gasteiger charge is 2.35. The van der Waals surface area contributed by atoms with Crippen molar-refractivity contribution in [3.05, 3.63) is 0 Å². The Kier molecular flexibility index (Phi) is 6.20. The van der Waals surface area contributed by atoms with Gasteiger partial charge >= 0.3 is 6.18 Å². The first-order valence-corrected chi connectivity index (χ1v) is 7.77. The highest BCUT2D eigenvalue weighted by Crippen LogP contribution is 2.18. The molecule has 6 nitrogen and oxygen atoms in total. The molecule has 1 rings (SSSR count). The lowest BCUT2D eigenvalue weighted by molar-refractivity contribution is -0.148. The van der Waals surface area contributed by atoms with Gasteiger partial charge in [0.15, 0.2) is 0 Å². The lowest BCUT2D eigenvalue weighted by atomic mass is 10.3. The predicted molar refractivity (Wildman–Crippen MR) is 69.3 cm³/mol. The fraction of sp³-hybridized carbons (Fsp3) is 1.00. The highest BCUT2D eigenvalue weighted by molar-refractivity contribution is 7.86. The molecular weight excluding hydrogens is 297 g/mol.